The van der Waals surface area contributed by atoms with Crippen LogP contribution in [0.4, 0.5) is 5.69 Å². The molecule has 2 N–H and O–H groups in total. The number of carbonyl (C=O) groups is 1. The van der Waals surface area contributed by atoms with Gasteiger partial charge in [-0.2, -0.15) is 0 Å². The second kappa shape index (κ2) is 9.06. The molecule has 0 atom stereocenters. The van der Waals surface area contributed by atoms with Crippen LogP contribution in [0.3, 0.4) is 0 Å². The van der Waals surface area contributed by atoms with E-state index in [2.05, 4.69) is 36.5 Å². The zero-order chi connectivity index (χ0) is 21.8. The molecule has 0 fully saturated rings. The van der Waals surface area contributed by atoms with E-state index in [1.54, 1.807) is 18.9 Å². The summed E-state index contributed by atoms with van der Waals surface area (Å²) in [5, 5.41) is 13.4. The predicted octanol–water partition coefficient (Wildman–Crippen LogP) is 5.37. The maximum absolute atomic E-state index is 12.3. The molecule has 0 heterocycles. The fraction of sp³-hybridized carbons (Fsp3) is 0.269. The minimum absolute atomic E-state index is 0.473. The van der Waals surface area contributed by atoms with Gasteiger partial charge in [0.25, 0.3) is 0 Å². The number of aryl methyl sites for hydroxylation is 2. The standard InChI is InChI=1S/C26H27NO3S/c1-18-6-5-7-19(14-18)12-13-31-24-15-22(10-11-23(24)30-2)27-26(25(28)29)16-20-8-3-4-9-21(20)17-26/h3-11,14-15,27H,12-13,16-17H2,1-2H3,(H,28,29). The van der Waals surface area contributed by atoms with Crippen LogP contribution < -0.4 is 10.1 Å². The quantitative estimate of drug-likeness (QED) is 0.468. The molecule has 5 heteroatoms. The molecule has 3 aromatic rings. The predicted molar refractivity (Wildman–Crippen MR) is 126 cm³/mol. The van der Waals surface area contributed by atoms with Gasteiger partial charge >= 0.3 is 5.97 Å². The van der Waals surface area contributed by atoms with E-state index >= 15 is 0 Å². The van der Waals surface area contributed by atoms with E-state index in [-0.39, 0.29) is 0 Å². The summed E-state index contributed by atoms with van der Waals surface area (Å²) in [4.78, 5) is 13.3. The molecule has 4 nitrogen and oxygen atoms in total. The number of benzene rings is 3. The second-order valence-corrected chi connectivity index (χ2v) is 9.22. The smallest absolute Gasteiger partial charge is 0.330 e. The summed E-state index contributed by atoms with van der Waals surface area (Å²) >= 11 is 1.73. The van der Waals surface area contributed by atoms with Crippen molar-refractivity contribution < 1.29 is 14.6 Å². The van der Waals surface area contributed by atoms with Gasteiger partial charge < -0.3 is 15.2 Å². The molecule has 0 amide bonds. The molecule has 1 aliphatic rings. The first-order chi connectivity index (χ1) is 15.0. The summed E-state index contributed by atoms with van der Waals surface area (Å²) in [6, 6.07) is 22.3. The van der Waals surface area contributed by atoms with Crippen molar-refractivity contribution in [3.8, 4) is 5.75 Å². The lowest BCUT2D eigenvalue weighted by atomic mass is 9.95. The number of thioether (sulfide) groups is 1. The van der Waals surface area contributed by atoms with Crippen LogP contribution in [-0.2, 0) is 24.1 Å². The van der Waals surface area contributed by atoms with Gasteiger partial charge in [0.15, 0.2) is 0 Å². The number of hydrogen-bond acceptors (Lipinski definition) is 4. The highest BCUT2D eigenvalue weighted by Crippen LogP contribution is 2.37. The number of rotatable bonds is 8. The molecule has 3 aromatic carbocycles. The third-order valence-electron chi connectivity index (χ3n) is 5.79. The SMILES string of the molecule is COc1ccc(NC2(C(=O)O)Cc3ccccc3C2)cc1SCCc1cccc(C)c1. The van der Waals surface area contributed by atoms with Gasteiger partial charge in [-0.1, -0.05) is 54.1 Å². The Morgan fingerprint density at radius 3 is 2.45 bits per heavy atom. The molecule has 0 unspecified atom stereocenters. The van der Waals surface area contributed by atoms with Crippen molar-refractivity contribution in [2.45, 2.75) is 36.6 Å². The molecule has 160 valence electrons. The fourth-order valence-electron chi connectivity index (χ4n) is 4.20. The number of fused-ring (bicyclic) bond motifs is 1. The Morgan fingerprint density at radius 1 is 1.06 bits per heavy atom. The van der Waals surface area contributed by atoms with Gasteiger partial charge in [-0.3, -0.25) is 0 Å². The van der Waals surface area contributed by atoms with E-state index in [0.29, 0.717) is 12.8 Å². The number of ether oxygens (including phenoxy) is 1. The summed E-state index contributed by atoms with van der Waals surface area (Å²) in [6.07, 6.45) is 1.91. The lowest BCUT2D eigenvalue weighted by Crippen LogP contribution is -2.47. The Kier molecular flexibility index (Phi) is 6.23. The first-order valence-corrected chi connectivity index (χ1v) is 11.4. The molecule has 0 aromatic heterocycles. The van der Waals surface area contributed by atoms with Crippen molar-refractivity contribution in [2.75, 3.05) is 18.2 Å². The number of methoxy groups -OCH3 is 1. The van der Waals surface area contributed by atoms with Crippen LogP contribution in [0.15, 0.2) is 71.6 Å². The zero-order valence-electron chi connectivity index (χ0n) is 17.9. The molecular formula is C26H27NO3S. The minimum atomic E-state index is -1.03. The minimum Gasteiger partial charge on any atom is -0.496 e. The maximum atomic E-state index is 12.3. The van der Waals surface area contributed by atoms with E-state index in [1.165, 1.54) is 11.1 Å². The van der Waals surface area contributed by atoms with Crippen molar-refractivity contribution in [3.63, 3.8) is 0 Å². The monoisotopic (exact) mass is 433 g/mol. The lowest BCUT2D eigenvalue weighted by molar-refractivity contribution is -0.142. The van der Waals surface area contributed by atoms with E-state index in [4.69, 9.17) is 4.74 Å². The Morgan fingerprint density at radius 2 is 1.81 bits per heavy atom. The van der Waals surface area contributed by atoms with Gasteiger partial charge in [-0.25, -0.2) is 4.79 Å². The number of hydrogen-bond donors (Lipinski definition) is 2. The van der Waals surface area contributed by atoms with Crippen molar-refractivity contribution in [1.82, 2.24) is 0 Å². The molecule has 0 saturated carbocycles. The van der Waals surface area contributed by atoms with Crippen molar-refractivity contribution in [2.24, 2.45) is 0 Å². The van der Waals surface area contributed by atoms with Crippen LogP contribution in [-0.4, -0.2) is 29.5 Å². The zero-order valence-corrected chi connectivity index (χ0v) is 18.7. The summed E-state index contributed by atoms with van der Waals surface area (Å²) in [7, 11) is 1.67. The first kappa shape index (κ1) is 21.3. The van der Waals surface area contributed by atoms with Crippen LogP contribution in [0, 0.1) is 6.92 Å². The Hall–Kier alpha value is -2.92. The molecule has 0 spiro atoms. The van der Waals surface area contributed by atoms with E-state index in [0.717, 1.165) is 39.6 Å². The van der Waals surface area contributed by atoms with Gasteiger partial charge in [0, 0.05) is 24.3 Å². The maximum Gasteiger partial charge on any atom is 0.330 e. The Labute approximate surface area is 187 Å². The highest BCUT2D eigenvalue weighted by molar-refractivity contribution is 7.99. The van der Waals surface area contributed by atoms with Crippen molar-refractivity contribution >= 4 is 23.4 Å². The van der Waals surface area contributed by atoms with Crippen LogP contribution in [0.5, 0.6) is 5.75 Å². The molecule has 31 heavy (non-hydrogen) atoms. The van der Waals surface area contributed by atoms with Crippen molar-refractivity contribution in [1.29, 1.82) is 0 Å². The molecule has 0 bridgehead atoms. The van der Waals surface area contributed by atoms with Gasteiger partial charge in [0.05, 0.1) is 12.0 Å². The molecule has 0 aliphatic heterocycles. The first-order valence-electron chi connectivity index (χ1n) is 10.4. The highest BCUT2D eigenvalue weighted by atomic mass is 32.2. The number of nitrogens with one attached hydrogen (secondary N) is 1. The highest BCUT2D eigenvalue weighted by Gasteiger charge is 2.44. The lowest BCUT2D eigenvalue weighted by Gasteiger charge is -2.27. The average molecular weight is 434 g/mol. The summed E-state index contributed by atoms with van der Waals surface area (Å²) < 4.78 is 5.55. The van der Waals surface area contributed by atoms with Crippen LogP contribution in [0.2, 0.25) is 0 Å². The summed E-state index contributed by atoms with van der Waals surface area (Å²) in [5.41, 5.74) is 4.55. The van der Waals surface area contributed by atoms with Gasteiger partial charge in [0.1, 0.15) is 11.3 Å². The van der Waals surface area contributed by atoms with Crippen molar-refractivity contribution in [3.05, 3.63) is 89.0 Å². The van der Waals surface area contributed by atoms with Crippen LogP contribution in [0.25, 0.3) is 0 Å². The van der Waals surface area contributed by atoms with Gasteiger partial charge in [-0.15, -0.1) is 11.8 Å². The number of anilines is 1. The summed E-state index contributed by atoms with van der Waals surface area (Å²) in [6.45, 7) is 2.11. The largest absolute Gasteiger partial charge is 0.496 e. The fourth-order valence-corrected chi connectivity index (χ4v) is 5.26. The molecule has 0 radical (unpaired) electrons. The number of carboxylic acid groups (broad SMARTS) is 1. The van der Waals surface area contributed by atoms with Gasteiger partial charge in [-0.05, 0) is 48.2 Å². The van der Waals surface area contributed by atoms with E-state index in [9.17, 15) is 9.90 Å². The average Bonchev–Trinajstić information content (AvgIpc) is 3.13. The van der Waals surface area contributed by atoms with Crippen LogP contribution in [0.1, 0.15) is 22.3 Å². The van der Waals surface area contributed by atoms with E-state index < -0.39 is 11.5 Å². The normalized spacial score (nSPS) is 14.1. The summed E-state index contributed by atoms with van der Waals surface area (Å²) in [5.74, 6) is 0.894. The Balaban J connectivity index is 1.50. The topological polar surface area (TPSA) is 58.6 Å². The van der Waals surface area contributed by atoms with Crippen LogP contribution >= 0.6 is 11.8 Å². The Bertz CT molecular complexity index is 1070. The van der Waals surface area contributed by atoms with E-state index in [1.807, 2.05) is 42.5 Å². The molecule has 0 saturated heterocycles. The number of carboxylic acids is 1. The second-order valence-electron chi connectivity index (χ2n) is 8.09. The molecule has 1 aliphatic carbocycles. The third kappa shape index (κ3) is 4.72. The third-order valence-corrected chi connectivity index (χ3v) is 6.83. The van der Waals surface area contributed by atoms with Gasteiger partial charge in [0.2, 0.25) is 0 Å². The number of aliphatic carboxylic acids is 1. The molecular weight excluding hydrogens is 406 g/mol. The molecule has 4 rings (SSSR count).